The highest BCUT2D eigenvalue weighted by Gasteiger charge is 2.33. The molecule has 0 saturated carbocycles. The van der Waals surface area contributed by atoms with Gasteiger partial charge in [-0.05, 0) is 25.5 Å². The molecule has 1 aromatic rings. The molecule has 1 aromatic carbocycles. The first-order valence-corrected chi connectivity index (χ1v) is 5.62. The van der Waals surface area contributed by atoms with E-state index < -0.39 is 0 Å². The fraction of sp³-hybridized carbons (Fsp3) is 0.500. The molecule has 0 bridgehead atoms. The molecule has 1 N–H and O–H groups in total. The molecule has 0 spiro atoms. The third kappa shape index (κ3) is 3.11. The lowest BCUT2D eigenvalue weighted by atomic mass is 10.0. The average Bonchev–Trinajstić information content (AvgIpc) is 2.51. The van der Waals surface area contributed by atoms with Gasteiger partial charge in [-0.1, -0.05) is 29.8 Å². The zero-order valence-corrected chi connectivity index (χ0v) is 11.1. The van der Waals surface area contributed by atoms with Crippen LogP contribution in [0.3, 0.4) is 0 Å². The number of hydrogen-bond donors (Lipinski definition) is 1. The molecular weight excluding hydrogens is 245 g/mol. The van der Waals surface area contributed by atoms with Gasteiger partial charge in [0.1, 0.15) is 5.72 Å². The van der Waals surface area contributed by atoms with E-state index in [0.29, 0.717) is 6.04 Å². The molecule has 1 saturated heterocycles. The van der Waals surface area contributed by atoms with E-state index in [1.54, 1.807) is 0 Å². The summed E-state index contributed by atoms with van der Waals surface area (Å²) in [6.07, 6.45) is 0.803. The fourth-order valence-corrected chi connectivity index (χ4v) is 2.22. The molecule has 4 heteroatoms. The van der Waals surface area contributed by atoms with E-state index in [-0.39, 0.29) is 18.1 Å². The Kier molecular flexibility index (Phi) is 4.62. The minimum Gasteiger partial charge on any atom is -0.359 e. The van der Waals surface area contributed by atoms with Crippen LogP contribution in [-0.4, -0.2) is 18.4 Å². The fourth-order valence-electron chi connectivity index (χ4n) is 2.02. The lowest BCUT2D eigenvalue weighted by Crippen LogP contribution is -2.42. The number of ether oxygens (including phenoxy) is 1. The van der Waals surface area contributed by atoms with Crippen LogP contribution in [0.5, 0.6) is 0 Å². The number of halogens is 2. The minimum atomic E-state index is -0.273. The van der Waals surface area contributed by atoms with Crippen molar-refractivity contribution in [3.05, 3.63) is 34.9 Å². The summed E-state index contributed by atoms with van der Waals surface area (Å²) in [5.74, 6) is 0. The normalized spacial score (nSPS) is 28.8. The quantitative estimate of drug-likeness (QED) is 0.884. The Balaban J connectivity index is 0.00000128. The summed E-state index contributed by atoms with van der Waals surface area (Å²) in [4.78, 5) is 0. The van der Waals surface area contributed by atoms with Gasteiger partial charge < -0.3 is 4.74 Å². The van der Waals surface area contributed by atoms with E-state index in [1.165, 1.54) is 0 Å². The first-order chi connectivity index (χ1) is 7.09. The van der Waals surface area contributed by atoms with Crippen LogP contribution in [0.4, 0.5) is 0 Å². The van der Waals surface area contributed by atoms with Gasteiger partial charge in [-0.25, -0.2) is 0 Å². The molecule has 0 aromatic heterocycles. The van der Waals surface area contributed by atoms with Gasteiger partial charge in [0.15, 0.2) is 0 Å². The Labute approximate surface area is 108 Å². The van der Waals surface area contributed by atoms with Crippen LogP contribution in [0.25, 0.3) is 0 Å². The molecular formula is C12H17Cl2NO. The van der Waals surface area contributed by atoms with Gasteiger partial charge in [0.05, 0.1) is 6.61 Å². The van der Waals surface area contributed by atoms with Crippen molar-refractivity contribution in [3.8, 4) is 0 Å². The molecule has 0 amide bonds. The number of nitrogens with one attached hydrogen (secondary N) is 1. The Hall–Kier alpha value is -0.280. The SMILES string of the molecule is CC1COC(C)(Cc2ccccc2Cl)N1.Cl. The van der Waals surface area contributed by atoms with Crippen LogP contribution < -0.4 is 5.32 Å². The molecule has 0 radical (unpaired) electrons. The van der Waals surface area contributed by atoms with E-state index in [0.717, 1.165) is 23.6 Å². The molecule has 0 aliphatic carbocycles. The second kappa shape index (κ2) is 5.37. The summed E-state index contributed by atoms with van der Waals surface area (Å²) in [7, 11) is 0. The van der Waals surface area contributed by atoms with Crippen molar-refractivity contribution in [2.75, 3.05) is 6.61 Å². The van der Waals surface area contributed by atoms with Gasteiger partial charge in [0.2, 0.25) is 0 Å². The average molecular weight is 262 g/mol. The van der Waals surface area contributed by atoms with Crippen molar-refractivity contribution in [1.82, 2.24) is 5.32 Å². The van der Waals surface area contributed by atoms with Crippen LogP contribution in [0.1, 0.15) is 19.4 Å². The van der Waals surface area contributed by atoms with Gasteiger partial charge in [-0.3, -0.25) is 5.32 Å². The standard InChI is InChI=1S/C12H16ClNO.ClH/c1-9-8-15-12(2,14-9)7-10-5-3-4-6-11(10)13;/h3-6,9,14H,7-8H2,1-2H3;1H. The highest BCUT2D eigenvalue weighted by atomic mass is 35.5. The van der Waals surface area contributed by atoms with Crippen molar-refractivity contribution in [2.24, 2.45) is 0 Å². The van der Waals surface area contributed by atoms with Gasteiger partial charge in [-0.15, -0.1) is 12.4 Å². The van der Waals surface area contributed by atoms with Crippen molar-refractivity contribution < 1.29 is 4.74 Å². The van der Waals surface area contributed by atoms with Crippen molar-refractivity contribution in [3.63, 3.8) is 0 Å². The summed E-state index contributed by atoms with van der Waals surface area (Å²) < 4.78 is 5.74. The topological polar surface area (TPSA) is 21.3 Å². The molecule has 2 rings (SSSR count). The van der Waals surface area contributed by atoms with Crippen LogP contribution >= 0.6 is 24.0 Å². The molecule has 1 aliphatic rings. The zero-order valence-electron chi connectivity index (χ0n) is 9.50. The van der Waals surface area contributed by atoms with Crippen molar-refractivity contribution in [2.45, 2.75) is 32.0 Å². The lowest BCUT2D eigenvalue weighted by molar-refractivity contribution is 0.00692. The number of rotatable bonds is 2. The van der Waals surface area contributed by atoms with Crippen molar-refractivity contribution in [1.29, 1.82) is 0 Å². The van der Waals surface area contributed by atoms with Gasteiger partial charge in [-0.2, -0.15) is 0 Å². The summed E-state index contributed by atoms with van der Waals surface area (Å²) >= 11 is 6.12. The van der Waals surface area contributed by atoms with Crippen LogP contribution in [0.2, 0.25) is 5.02 Å². The summed E-state index contributed by atoms with van der Waals surface area (Å²) in [6, 6.07) is 8.32. The summed E-state index contributed by atoms with van der Waals surface area (Å²) in [6.45, 7) is 4.96. The van der Waals surface area contributed by atoms with E-state index in [9.17, 15) is 0 Å². The second-order valence-electron chi connectivity index (χ2n) is 4.36. The Morgan fingerprint density at radius 3 is 2.75 bits per heavy atom. The molecule has 90 valence electrons. The molecule has 2 atom stereocenters. The monoisotopic (exact) mass is 261 g/mol. The van der Waals surface area contributed by atoms with Gasteiger partial charge in [0.25, 0.3) is 0 Å². The second-order valence-corrected chi connectivity index (χ2v) is 4.76. The van der Waals surface area contributed by atoms with Crippen LogP contribution in [0, 0.1) is 0 Å². The first-order valence-electron chi connectivity index (χ1n) is 5.24. The third-order valence-corrected chi connectivity index (χ3v) is 3.06. The molecule has 16 heavy (non-hydrogen) atoms. The molecule has 1 aliphatic heterocycles. The first kappa shape index (κ1) is 13.8. The molecule has 1 heterocycles. The highest BCUT2D eigenvalue weighted by Crippen LogP contribution is 2.24. The van der Waals surface area contributed by atoms with E-state index in [4.69, 9.17) is 16.3 Å². The number of hydrogen-bond acceptors (Lipinski definition) is 2. The smallest absolute Gasteiger partial charge is 0.120 e. The Morgan fingerprint density at radius 1 is 1.50 bits per heavy atom. The maximum atomic E-state index is 6.12. The van der Waals surface area contributed by atoms with Gasteiger partial charge >= 0.3 is 0 Å². The van der Waals surface area contributed by atoms with Gasteiger partial charge in [0, 0.05) is 17.5 Å². The third-order valence-electron chi connectivity index (χ3n) is 2.69. The predicted octanol–water partition coefficient (Wildman–Crippen LogP) is 3.03. The Bertz CT molecular complexity index is 359. The summed E-state index contributed by atoms with van der Waals surface area (Å²) in [5.41, 5.74) is 0.855. The highest BCUT2D eigenvalue weighted by molar-refractivity contribution is 6.31. The lowest BCUT2D eigenvalue weighted by Gasteiger charge is -2.24. The Morgan fingerprint density at radius 2 is 2.19 bits per heavy atom. The predicted molar refractivity (Wildman–Crippen MR) is 69.4 cm³/mol. The van der Waals surface area contributed by atoms with Crippen LogP contribution in [0.15, 0.2) is 24.3 Å². The van der Waals surface area contributed by atoms with E-state index in [2.05, 4.69) is 19.2 Å². The maximum absolute atomic E-state index is 6.12. The minimum absolute atomic E-state index is 0. The zero-order chi connectivity index (χ0) is 10.9. The van der Waals surface area contributed by atoms with E-state index in [1.807, 2.05) is 24.3 Å². The van der Waals surface area contributed by atoms with Crippen LogP contribution in [-0.2, 0) is 11.2 Å². The maximum Gasteiger partial charge on any atom is 0.120 e. The number of benzene rings is 1. The molecule has 1 fully saturated rings. The summed E-state index contributed by atoms with van der Waals surface area (Å²) in [5, 5.41) is 4.23. The van der Waals surface area contributed by atoms with Crippen molar-refractivity contribution >= 4 is 24.0 Å². The molecule has 2 unspecified atom stereocenters. The molecule has 2 nitrogen and oxygen atoms in total. The van der Waals surface area contributed by atoms with E-state index >= 15 is 0 Å². The largest absolute Gasteiger partial charge is 0.359 e.